The number of rotatable bonds is 57. The van der Waals surface area contributed by atoms with Crippen molar-refractivity contribution in [1.82, 2.24) is 5.32 Å². The van der Waals surface area contributed by atoms with Gasteiger partial charge in [-0.2, -0.15) is 0 Å². The smallest absolute Gasteiger partial charge is 0.306 e. The summed E-state index contributed by atoms with van der Waals surface area (Å²) in [6.07, 6.45) is 53.6. The number of esters is 1. The Kier molecular flexibility index (Phi) is 52.0. The largest absolute Gasteiger partial charge is 0.454 e. The van der Waals surface area contributed by atoms with Crippen LogP contribution in [-0.4, -0.2) is 99.6 Å². The zero-order valence-corrected chi connectivity index (χ0v) is 50.4. The summed E-state index contributed by atoms with van der Waals surface area (Å²) >= 11 is 0. The van der Waals surface area contributed by atoms with E-state index in [1.165, 1.54) is 212 Å². The highest BCUT2D eigenvalue weighted by Gasteiger charge is 2.47. The van der Waals surface area contributed by atoms with Gasteiger partial charge in [-0.15, -0.1) is 0 Å². The summed E-state index contributed by atoms with van der Waals surface area (Å²) in [6, 6.07) is -1.02. The predicted molar refractivity (Wildman–Crippen MR) is 320 cm³/mol. The second-order valence-corrected chi connectivity index (χ2v) is 23.2. The highest BCUT2D eigenvalue weighted by Crippen LogP contribution is 2.26. The van der Waals surface area contributed by atoms with Crippen molar-refractivity contribution in [1.29, 1.82) is 0 Å². The lowest BCUT2D eigenvalue weighted by Gasteiger charge is -2.41. The van der Waals surface area contributed by atoms with Crippen LogP contribution in [0.1, 0.15) is 323 Å². The summed E-state index contributed by atoms with van der Waals surface area (Å²) in [5, 5.41) is 57.0. The summed E-state index contributed by atoms with van der Waals surface area (Å²) in [5.41, 5.74) is 0. The predicted octanol–water partition coefficient (Wildman–Crippen LogP) is 16.1. The van der Waals surface area contributed by atoms with E-state index in [2.05, 4.69) is 38.2 Å². The second kappa shape index (κ2) is 54.7. The van der Waals surface area contributed by atoms with Crippen molar-refractivity contribution in [3.05, 3.63) is 24.3 Å². The third-order valence-electron chi connectivity index (χ3n) is 15.9. The molecule has 8 unspecified atom stereocenters. The number of amides is 1. The monoisotopic (exact) mass is 1090 g/mol. The molecule has 0 aromatic rings. The number of aliphatic hydroxyl groups excluding tert-OH is 5. The van der Waals surface area contributed by atoms with Crippen molar-refractivity contribution >= 4 is 11.9 Å². The number of carbonyl (C=O) groups excluding carboxylic acids is 2. The van der Waals surface area contributed by atoms with Crippen molar-refractivity contribution in [3.63, 3.8) is 0 Å². The van der Waals surface area contributed by atoms with E-state index in [4.69, 9.17) is 14.2 Å². The Morgan fingerprint density at radius 1 is 0.494 bits per heavy atom. The Bertz CT molecular complexity index is 1350. The van der Waals surface area contributed by atoms with Crippen LogP contribution >= 0.6 is 0 Å². The van der Waals surface area contributed by atoms with E-state index >= 15 is 0 Å². The van der Waals surface area contributed by atoms with Gasteiger partial charge in [-0.05, 0) is 51.4 Å². The molecule has 0 spiro atoms. The van der Waals surface area contributed by atoms with E-state index in [0.29, 0.717) is 19.3 Å². The molecule has 8 atom stereocenters. The average molecular weight is 1090 g/mol. The normalized spacial score (nSPS) is 19.1. The Morgan fingerprint density at radius 3 is 1.26 bits per heavy atom. The van der Waals surface area contributed by atoms with Crippen LogP contribution in [0.2, 0.25) is 0 Å². The molecule has 1 aliphatic rings. The van der Waals surface area contributed by atoms with Gasteiger partial charge < -0.3 is 45.1 Å². The Labute approximate surface area is 473 Å². The van der Waals surface area contributed by atoms with Crippen LogP contribution in [0.5, 0.6) is 0 Å². The number of hydrogen-bond acceptors (Lipinski definition) is 10. The van der Waals surface area contributed by atoms with Gasteiger partial charge in [0.15, 0.2) is 12.4 Å². The lowest BCUT2D eigenvalue weighted by molar-refractivity contribution is -0.305. The van der Waals surface area contributed by atoms with Gasteiger partial charge in [-0.3, -0.25) is 9.59 Å². The van der Waals surface area contributed by atoms with Crippen LogP contribution in [0.4, 0.5) is 0 Å². The Hall–Kier alpha value is -1.86. The zero-order valence-electron chi connectivity index (χ0n) is 50.4. The van der Waals surface area contributed by atoms with Gasteiger partial charge in [0.2, 0.25) is 5.91 Å². The van der Waals surface area contributed by atoms with E-state index in [9.17, 15) is 35.1 Å². The molecule has 1 amide bonds. The molecule has 1 saturated heterocycles. The minimum Gasteiger partial charge on any atom is -0.454 e. The van der Waals surface area contributed by atoms with Gasteiger partial charge in [-0.25, -0.2) is 0 Å². The first-order valence-electron chi connectivity index (χ1n) is 33.1. The van der Waals surface area contributed by atoms with Crippen molar-refractivity contribution in [2.45, 2.75) is 372 Å². The topological polar surface area (TPSA) is 175 Å². The van der Waals surface area contributed by atoms with Crippen LogP contribution in [0.3, 0.4) is 0 Å². The fourth-order valence-electron chi connectivity index (χ4n) is 10.6. The molecular weight excluding hydrogens is 967 g/mol. The third kappa shape index (κ3) is 42.6. The highest BCUT2D eigenvalue weighted by atomic mass is 16.7. The minimum atomic E-state index is -1.61. The fraction of sp³-hybridized carbons (Fsp3) is 0.909. The first kappa shape index (κ1) is 73.2. The van der Waals surface area contributed by atoms with E-state index in [1.807, 2.05) is 6.08 Å². The van der Waals surface area contributed by atoms with E-state index in [-0.39, 0.29) is 13.0 Å². The summed E-state index contributed by atoms with van der Waals surface area (Å²) < 4.78 is 17.7. The number of ether oxygens (including phenoxy) is 3. The molecule has 1 rings (SSSR count). The number of aliphatic hydroxyl groups is 5. The number of allylic oxidation sites excluding steroid dienone is 3. The van der Waals surface area contributed by atoms with Crippen LogP contribution in [0.25, 0.3) is 0 Å². The molecule has 0 aromatic carbocycles. The molecule has 1 heterocycles. The quantitative estimate of drug-likeness (QED) is 0.0195. The molecular formula is C66H125NO10. The average Bonchev–Trinajstić information content (AvgIpc) is 3.43. The Morgan fingerprint density at radius 2 is 0.857 bits per heavy atom. The number of hydrogen-bond donors (Lipinski definition) is 6. The molecule has 1 fully saturated rings. The SMILES string of the molecule is CCCCCCCC/C=C/CCCCCCCCCCC(O)C(=O)NC(COC1OC(CO)C(O)C(O)C1OC(=O)CCCCCCCCCCCCCCCCCCCCC)C(O)/C=C/CCCCCCCCCCC. The van der Waals surface area contributed by atoms with Gasteiger partial charge in [0.25, 0.3) is 0 Å². The van der Waals surface area contributed by atoms with Gasteiger partial charge in [0.1, 0.15) is 24.4 Å². The molecule has 0 saturated carbocycles. The zero-order chi connectivity index (χ0) is 56.1. The molecule has 0 bridgehead atoms. The highest BCUT2D eigenvalue weighted by molar-refractivity contribution is 5.80. The second-order valence-electron chi connectivity index (χ2n) is 23.2. The maximum atomic E-state index is 13.4. The van der Waals surface area contributed by atoms with Gasteiger partial charge >= 0.3 is 5.97 Å². The van der Waals surface area contributed by atoms with E-state index in [0.717, 1.165) is 64.2 Å². The summed E-state index contributed by atoms with van der Waals surface area (Å²) in [6.45, 7) is 5.82. The molecule has 6 N–H and O–H groups in total. The lowest BCUT2D eigenvalue weighted by atomic mass is 9.99. The van der Waals surface area contributed by atoms with Crippen molar-refractivity contribution < 1.29 is 49.3 Å². The van der Waals surface area contributed by atoms with Gasteiger partial charge in [0.05, 0.1) is 25.4 Å². The number of carbonyl (C=O) groups is 2. The maximum absolute atomic E-state index is 13.4. The summed E-state index contributed by atoms with van der Waals surface area (Å²) in [7, 11) is 0. The first-order valence-corrected chi connectivity index (χ1v) is 33.1. The van der Waals surface area contributed by atoms with E-state index < -0.39 is 67.4 Å². The van der Waals surface area contributed by atoms with E-state index in [1.54, 1.807) is 6.08 Å². The van der Waals surface area contributed by atoms with Crippen LogP contribution in [-0.2, 0) is 23.8 Å². The van der Waals surface area contributed by atoms with Crippen molar-refractivity contribution in [2.24, 2.45) is 0 Å². The minimum absolute atomic E-state index is 0.130. The summed E-state index contributed by atoms with van der Waals surface area (Å²) in [4.78, 5) is 26.6. The van der Waals surface area contributed by atoms with Crippen LogP contribution < -0.4 is 5.32 Å². The van der Waals surface area contributed by atoms with Crippen molar-refractivity contribution in [2.75, 3.05) is 13.2 Å². The van der Waals surface area contributed by atoms with Crippen LogP contribution in [0.15, 0.2) is 24.3 Å². The number of unbranched alkanes of at least 4 members (excludes halogenated alkanes) is 41. The fourth-order valence-corrected chi connectivity index (χ4v) is 10.6. The Balaban J connectivity index is 2.61. The molecule has 0 aliphatic carbocycles. The standard InChI is InChI=1S/C66H125NO10/c1-4-7-10-13-16-19-22-24-26-28-30-32-34-36-39-42-45-48-51-54-61(71)77-64-63(73)62(72)60(55-68)76-66(64)75-56-57(58(69)52-49-46-43-40-37-21-18-15-12-9-6-3)67-65(74)59(70)53-50-47-44-41-38-35-33-31-29-27-25-23-20-17-14-11-8-5-2/h25,27,49,52,57-60,62-64,66,68-70,72-73H,4-24,26,28-48,50-51,53-56H2,1-3H3,(H,67,74)/b27-25+,52-49+. The van der Waals surface area contributed by atoms with Crippen LogP contribution in [0, 0.1) is 0 Å². The molecule has 454 valence electrons. The first-order chi connectivity index (χ1) is 37.7. The third-order valence-corrected chi connectivity index (χ3v) is 15.9. The molecule has 77 heavy (non-hydrogen) atoms. The molecule has 0 radical (unpaired) electrons. The maximum Gasteiger partial charge on any atom is 0.306 e. The van der Waals surface area contributed by atoms with Gasteiger partial charge in [-0.1, -0.05) is 289 Å². The summed E-state index contributed by atoms with van der Waals surface area (Å²) in [5.74, 6) is -1.18. The molecule has 0 aromatic heterocycles. The molecule has 1 aliphatic heterocycles. The molecule has 11 nitrogen and oxygen atoms in total. The van der Waals surface area contributed by atoms with Gasteiger partial charge in [0, 0.05) is 6.42 Å². The number of nitrogens with one attached hydrogen (secondary N) is 1. The molecule has 11 heteroatoms. The lowest BCUT2D eigenvalue weighted by Crippen LogP contribution is -2.61. The van der Waals surface area contributed by atoms with Crippen molar-refractivity contribution in [3.8, 4) is 0 Å².